The Balaban J connectivity index is 1.42. The molecule has 6 nitrogen and oxygen atoms in total. The zero-order valence-corrected chi connectivity index (χ0v) is 14.4. The molecule has 2 fully saturated rings. The van der Waals surface area contributed by atoms with Crippen LogP contribution in [0.4, 0.5) is 0 Å². The predicted molar refractivity (Wildman–Crippen MR) is 95.1 cm³/mol. The molecule has 24 heavy (non-hydrogen) atoms. The molecule has 3 heterocycles. The molecular formula is C18H26N6. The summed E-state index contributed by atoms with van der Waals surface area (Å²) in [6, 6.07) is 5.97. The molecule has 0 radical (unpaired) electrons. The van der Waals surface area contributed by atoms with E-state index in [1.807, 2.05) is 28.8 Å². The molecule has 4 rings (SSSR count). The number of hydrogen-bond acceptors (Lipinski definition) is 3. The maximum atomic E-state index is 4.85. The minimum atomic E-state index is 0.597. The van der Waals surface area contributed by atoms with Gasteiger partial charge in [-0.25, -0.2) is 0 Å². The normalized spacial score (nSPS) is 19.9. The average Bonchev–Trinajstić information content (AvgIpc) is 3.19. The number of fused-ring (bicyclic) bond motifs is 1. The minimum Gasteiger partial charge on any atom is -0.357 e. The molecule has 0 bridgehead atoms. The second-order valence-electron chi connectivity index (χ2n) is 7.06. The molecular weight excluding hydrogens is 300 g/mol. The Bertz CT molecular complexity index is 730. The van der Waals surface area contributed by atoms with E-state index in [9.17, 15) is 0 Å². The van der Waals surface area contributed by atoms with E-state index in [-0.39, 0.29) is 0 Å². The minimum absolute atomic E-state index is 0.597. The van der Waals surface area contributed by atoms with Crippen molar-refractivity contribution in [2.24, 2.45) is 10.4 Å². The Hall–Kier alpha value is -2.11. The highest BCUT2D eigenvalue weighted by Crippen LogP contribution is 2.47. The number of rotatable bonds is 4. The summed E-state index contributed by atoms with van der Waals surface area (Å²) in [7, 11) is 0. The van der Waals surface area contributed by atoms with Gasteiger partial charge in [0.05, 0.1) is 0 Å². The third kappa shape index (κ3) is 2.85. The van der Waals surface area contributed by atoms with Crippen LogP contribution >= 0.6 is 0 Å². The van der Waals surface area contributed by atoms with E-state index in [4.69, 9.17) is 4.99 Å². The fraction of sp³-hybridized carbons (Fsp3) is 0.611. The first-order valence-electron chi connectivity index (χ1n) is 9.12. The van der Waals surface area contributed by atoms with E-state index in [1.165, 1.54) is 32.2 Å². The van der Waals surface area contributed by atoms with E-state index in [0.717, 1.165) is 43.5 Å². The molecule has 0 unspecified atom stereocenters. The van der Waals surface area contributed by atoms with Crippen LogP contribution in [0, 0.1) is 5.41 Å². The monoisotopic (exact) mass is 326 g/mol. The van der Waals surface area contributed by atoms with Gasteiger partial charge in [0.15, 0.2) is 11.6 Å². The fourth-order valence-electron chi connectivity index (χ4n) is 3.95. The van der Waals surface area contributed by atoms with Crippen LogP contribution in [-0.2, 0) is 6.42 Å². The predicted octanol–water partition coefficient (Wildman–Crippen LogP) is 2.11. The first-order chi connectivity index (χ1) is 11.8. The van der Waals surface area contributed by atoms with Gasteiger partial charge in [-0.3, -0.25) is 9.39 Å². The molecule has 2 aromatic rings. The van der Waals surface area contributed by atoms with Crippen LogP contribution in [0.15, 0.2) is 29.4 Å². The SMILES string of the molecule is CCNC(=NCCc1nnc2ccccn12)N1CCC2(CCC2)C1. The number of hydrogen-bond donors (Lipinski definition) is 1. The molecule has 0 atom stereocenters. The van der Waals surface area contributed by atoms with Crippen LogP contribution in [0.2, 0.25) is 0 Å². The van der Waals surface area contributed by atoms with Crippen molar-refractivity contribution in [1.82, 2.24) is 24.8 Å². The molecule has 128 valence electrons. The first kappa shape index (κ1) is 15.4. The van der Waals surface area contributed by atoms with Crippen molar-refractivity contribution in [3.05, 3.63) is 30.2 Å². The molecule has 0 aromatic carbocycles. The highest BCUT2D eigenvalue weighted by atomic mass is 15.3. The van der Waals surface area contributed by atoms with Crippen LogP contribution in [0.25, 0.3) is 5.65 Å². The van der Waals surface area contributed by atoms with Crippen LogP contribution in [-0.4, -0.2) is 51.6 Å². The van der Waals surface area contributed by atoms with Crippen molar-refractivity contribution in [2.75, 3.05) is 26.2 Å². The fourth-order valence-corrected chi connectivity index (χ4v) is 3.95. The summed E-state index contributed by atoms with van der Waals surface area (Å²) in [4.78, 5) is 7.30. The van der Waals surface area contributed by atoms with Gasteiger partial charge in [0, 0.05) is 38.8 Å². The van der Waals surface area contributed by atoms with Gasteiger partial charge in [-0.1, -0.05) is 12.5 Å². The maximum Gasteiger partial charge on any atom is 0.193 e. The van der Waals surface area contributed by atoms with Gasteiger partial charge in [-0.2, -0.15) is 0 Å². The number of pyridine rings is 1. The molecule has 1 N–H and O–H groups in total. The lowest BCUT2D eigenvalue weighted by Gasteiger charge is -2.38. The van der Waals surface area contributed by atoms with Crippen LogP contribution in [0.5, 0.6) is 0 Å². The van der Waals surface area contributed by atoms with Gasteiger partial charge in [-0.15, -0.1) is 10.2 Å². The van der Waals surface area contributed by atoms with Gasteiger partial charge >= 0.3 is 0 Å². The number of guanidine groups is 1. The third-order valence-electron chi connectivity index (χ3n) is 5.47. The topological polar surface area (TPSA) is 57.8 Å². The van der Waals surface area contributed by atoms with E-state index >= 15 is 0 Å². The van der Waals surface area contributed by atoms with Gasteiger partial charge in [0.25, 0.3) is 0 Å². The Morgan fingerprint density at radius 3 is 2.96 bits per heavy atom. The van der Waals surface area contributed by atoms with Crippen LogP contribution in [0.1, 0.15) is 38.4 Å². The highest BCUT2D eigenvalue weighted by molar-refractivity contribution is 5.80. The van der Waals surface area contributed by atoms with E-state index in [1.54, 1.807) is 0 Å². The summed E-state index contributed by atoms with van der Waals surface area (Å²) in [6.45, 7) is 6.10. The summed E-state index contributed by atoms with van der Waals surface area (Å²) < 4.78 is 2.04. The quantitative estimate of drug-likeness (QED) is 0.691. The van der Waals surface area contributed by atoms with Gasteiger partial charge in [0.1, 0.15) is 5.82 Å². The maximum absolute atomic E-state index is 4.85. The second-order valence-corrected chi connectivity index (χ2v) is 7.06. The molecule has 1 spiro atoms. The number of nitrogens with zero attached hydrogens (tertiary/aromatic N) is 5. The zero-order valence-electron chi connectivity index (χ0n) is 14.4. The van der Waals surface area contributed by atoms with E-state index in [0.29, 0.717) is 5.41 Å². The van der Waals surface area contributed by atoms with Crippen molar-refractivity contribution < 1.29 is 0 Å². The van der Waals surface area contributed by atoms with Crippen molar-refractivity contribution in [2.45, 2.75) is 39.0 Å². The molecule has 2 aliphatic rings. The molecule has 2 aromatic heterocycles. The number of aromatic nitrogens is 3. The summed E-state index contributed by atoms with van der Waals surface area (Å²) >= 11 is 0. The Morgan fingerprint density at radius 2 is 2.21 bits per heavy atom. The Kier molecular flexibility index (Phi) is 4.12. The highest BCUT2D eigenvalue weighted by Gasteiger charge is 2.43. The van der Waals surface area contributed by atoms with Crippen molar-refractivity contribution in [3.8, 4) is 0 Å². The van der Waals surface area contributed by atoms with Crippen molar-refractivity contribution in [3.63, 3.8) is 0 Å². The lowest BCUT2D eigenvalue weighted by molar-refractivity contribution is 0.151. The van der Waals surface area contributed by atoms with Gasteiger partial charge in [-0.05, 0) is 43.7 Å². The largest absolute Gasteiger partial charge is 0.357 e. The second kappa shape index (κ2) is 6.42. The van der Waals surface area contributed by atoms with Gasteiger partial charge < -0.3 is 10.2 Å². The molecule has 6 heteroatoms. The smallest absolute Gasteiger partial charge is 0.193 e. The van der Waals surface area contributed by atoms with E-state index in [2.05, 4.69) is 27.3 Å². The van der Waals surface area contributed by atoms with Crippen molar-refractivity contribution >= 4 is 11.6 Å². The van der Waals surface area contributed by atoms with Gasteiger partial charge in [0.2, 0.25) is 0 Å². The summed E-state index contributed by atoms with van der Waals surface area (Å²) in [5.74, 6) is 2.04. The summed E-state index contributed by atoms with van der Waals surface area (Å²) in [6.07, 6.45) is 8.34. The number of likely N-dealkylation sites (tertiary alicyclic amines) is 1. The standard InChI is InChI=1S/C18H26N6/c1-2-19-17(23-13-10-18(14-23)8-5-9-18)20-11-7-16-22-21-15-6-3-4-12-24(15)16/h3-4,6,12H,2,5,7-11,13-14H2,1H3,(H,19,20). The molecule has 0 amide bonds. The Labute approximate surface area is 143 Å². The summed E-state index contributed by atoms with van der Waals surface area (Å²) in [5, 5.41) is 12.0. The van der Waals surface area contributed by atoms with E-state index < -0.39 is 0 Å². The molecule has 1 aliphatic carbocycles. The van der Waals surface area contributed by atoms with Crippen LogP contribution < -0.4 is 5.32 Å². The summed E-state index contributed by atoms with van der Waals surface area (Å²) in [5.41, 5.74) is 1.49. The van der Waals surface area contributed by atoms with Crippen LogP contribution in [0.3, 0.4) is 0 Å². The number of aliphatic imine (C=N–C) groups is 1. The first-order valence-corrected chi connectivity index (χ1v) is 9.12. The number of nitrogens with one attached hydrogen (secondary N) is 1. The molecule has 1 aliphatic heterocycles. The third-order valence-corrected chi connectivity index (χ3v) is 5.47. The lowest BCUT2D eigenvalue weighted by atomic mass is 9.68. The zero-order chi connectivity index (χ0) is 16.4. The molecule has 1 saturated carbocycles. The van der Waals surface area contributed by atoms with Crippen molar-refractivity contribution in [1.29, 1.82) is 0 Å². The average molecular weight is 326 g/mol. The lowest BCUT2D eigenvalue weighted by Crippen LogP contribution is -2.42. The molecule has 1 saturated heterocycles. The Morgan fingerprint density at radius 1 is 1.29 bits per heavy atom.